The Morgan fingerprint density at radius 3 is 2.62 bits per heavy atom. The summed E-state index contributed by atoms with van der Waals surface area (Å²) in [4.78, 5) is 13.5. The van der Waals surface area contributed by atoms with Gasteiger partial charge in [0.15, 0.2) is 0 Å². The summed E-state index contributed by atoms with van der Waals surface area (Å²) in [6, 6.07) is 0.452. The van der Waals surface area contributed by atoms with Crippen molar-refractivity contribution in [1.29, 1.82) is 0 Å². The van der Waals surface area contributed by atoms with Crippen molar-refractivity contribution < 1.29 is 9.53 Å². The number of carbonyl (C=O) groups is 1. The van der Waals surface area contributed by atoms with Crippen LogP contribution in [-0.4, -0.2) is 51.2 Å². The van der Waals surface area contributed by atoms with Gasteiger partial charge in [0, 0.05) is 12.5 Å². The first kappa shape index (κ1) is 13.5. The SMILES string of the molecule is CNC(CCC(=O)OC)C1CCN(C)CC1. The third-order valence-corrected chi connectivity index (χ3v) is 3.59. The number of esters is 1. The second kappa shape index (κ2) is 6.86. The van der Waals surface area contributed by atoms with Gasteiger partial charge in [0.05, 0.1) is 7.11 Å². The van der Waals surface area contributed by atoms with E-state index in [2.05, 4.69) is 22.0 Å². The molecule has 1 aliphatic rings. The molecule has 0 aromatic rings. The number of hydrogen-bond acceptors (Lipinski definition) is 4. The lowest BCUT2D eigenvalue weighted by Gasteiger charge is -2.34. The third-order valence-electron chi connectivity index (χ3n) is 3.59. The molecule has 1 N–H and O–H groups in total. The molecule has 0 saturated carbocycles. The number of carbonyl (C=O) groups excluding carboxylic acids is 1. The molecule has 1 unspecified atom stereocenters. The number of ether oxygens (including phenoxy) is 1. The van der Waals surface area contributed by atoms with Gasteiger partial charge < -0.3 is 15.0 Å². The van der Waals surface area contributed by atoms with Crippen molar-refractivity contribution in [3.63, 3.8) is 0 Å². The highest BCUT2D eigenvalue weighted by Crippen LogP contribution is 2.22. The molecule has 1 fully saturated rings. The van der Waals surface area contributed by atoms with Crippen molar-refractivity contribution >= 4 is 5.97 Å². The minimum absolute atomic E-state index is 0.104. The van der Waals surface area contributed by atoms with E-state index < -0.39 is 0 Å². The molecule has 1 aliphatic heterocycles. The molecule has 4 nitrogen and oxygen atoms in total. The zero-order chi connectivity index (χ0) is 12.0. The fraction of sp³-hybridized carbons (Fsp3) is 0.917. The summed E-state index contributed by atoms with van der Waals surface area (Å²) in [5.41, 5.74) is 0. The summed E-state index contributed by atoms with van der Waals surface area (Å²) in [5.74, 6) is 0.596. The second-order valence-electron chi connectivity index (χ2n) is 4.65. The Hall–Kier alpha value is -0.610. The summed E-state index contributed by atoms with van der Waals surface area (Å²) in [6.07, 6.45) is 3.86. The maximum atomic E-state index is 11.1. The minimum Gasteiger partial charge on any atom is -0.469 e. The van der Waals surface area contributed by atoms with Gasteiger partial charge in [-0.3, -0.25) is 4.79 Å². The lowest BCUT2D eigenvalue weighted by Crippen LogP contribution is -2.41. The quantitative estimate of drug-likeness (QED) is 0.709. The number of hydrogen-bond donors (Lipinski definition) is 1. The molecule has 1 rings (SSSR count). The average molecular weight is 228 g/mol. The molecule has 1 saturated heterocycles. The van der Waals surface area contributed by atoms with Crippen LogP contribution in [0.3, 0.4) is 0 Å². The number of nitrogens with zero attached hydrogens (tertiary/aromatic N) is 1. The summed E-state index contributed by atoms with van der Waals surface area (Å²) in [6.45, 7) is 2.34. The first-order valence-corrected chi connectivity index (χ1v) is 6.10. The summed E-state index contributed by atoms with van der Waals surface area (Å²) >= 11 is 0. The van der Waals surface area contributed by atoms with Crippen molar-refractivity contribution in [3.8, 4) is 0 Å². The van der Waals surface area contributed by atoms with Gasteiger partial charge in [0.25, 0.3) is 0 Å². The Morgan fingerprint density at radius 2 is 2.12 bits per heavy atom. The number of piperidine rings is 1. The maximum absolute atomic E-state index is 11.1. The predicted molar refractivity (Wildman–Crippen MR) is 64.3 cm³/mol. The molecule has 0 spiro atoms. The van der Waals surface area contributed by atoms with Crippen LogP contribution >= 0.6 is 0 Å². The molecule has 0 aromatic heterocycles. The van der Waals surface area contributed by atoms with Gasteiger partial charge in [-0.1, -0.05) is 0 Å². The van der Waals surface area contributed by atoms with Crippen LogP contribution in [-0.2, 0) is 9.53 Å². The van der Waals surface area contributed by atoms with E-state index in [9.17, 15) is 4.79 Å². The molecule has 0 amide bonds. The highest BCUT2D eigenvalue weighted by molar-refractivity contribution is 5.69. The molecule has 0 bridgehead atoms. The second-order valence-corrected chi connectivity index (χ2v) is 4.65. The lowest BCUT2D eigenvalue weighted by molar-refractivity contribution is -0.140. The first-order valence-electron chi connectivity index (χ1n) is 6.10. The van der Waals surface area contributed by atoms with E-state index in [0.717, 1.165) is 6.42 Å². The Kier molecular flexibility index (Phi) is 5.77. The van der Waals surface area contributed by atoms with E-state index in [1.165, 1.54) is 33.0 Å². The first-order chi connectivity index (χ1) is 7.67. The van der Waals surface area contributed by atoms with E-state index >= 15 is 0 Å². The third kappa shape index (κ3) is 4.10. The van der Waals surface area contributed by atoms with E-state index in [0.29, 0.717) is 18.4 Å². The molecule has 0 radical (unpaired) electrons. The smallest absolute Gasteiger partial charge is 0.305 e. The van der Waals surface area contributed by atoms with Crippen molar-refractivity contribution in [1.82, 2.24) is 10.2 Å². The fourth-order valence-electron chi connectivity index (χ4n) is 2.42. The summed E-state index contributed by atoms with van der Waals surface area (Å²) < 4.78 is 4.67. The molecule has 1 atom stereocenters. The Balaban J connectivity index is 2.32. The van der Waals surface area contributed by atoms with E-state index in [4.69, 9.17) is 0 Å². The monoisotopic (exact) mass is 228 g/mol. The van der Waals surface area contributed by atoms with Crippen LogP contribution in [0.15, 0.2) is 0 Å². The highest BCUT2D eigenvalue weighted by atomic mass is 16.5. The number of methoxy groups -OCH3 is 1. The zero-order valence-corrected chi connectivity index (χ0v) is 10.7. The summed E-state index contributed by atoms with van der Waals surface area (Å²) in [7, 11) is 5.60. The Bertz CT molecular complexity index is 213. The van der Waals surface area contributed by atoms with Crippen LogP contribution < -0.4 is 5.32 Å². The van der Waals surface area contributed by atoms with Crippen LogP contribution in [0.1, 0.15) is 25.7 Å². The highest BCUT2D eigenvalue weighted by Gasteiger charge is 2.24. The van der Waals surface area contributed by atoms with Gasteiger partial charge in [-0.15, -0.1) is 0 Å². The lowest BCUT2D eigenvalue weighted by atomic mass is 9.87. The molecule has 0 aliphatic carbocycles. The topological polar surface area (TPSA) is 41.6 Å². The fourth-order valence-corrected chi connectivity index (χ4v) is 2.42. The molecule has 1 heterocycles. The molecular weight excluding hydrogens is 204 g/mol. The standard InChI is InChI=1S/C12H24N2O2/c1-13-11(4-5-12(15)16-3)10-6-8-14(2)9-7-10/h10-11,13H,4-9H2,1-3H3. The van der Waals surface area contributed by atoms with Gasteiger partial charge >= 0.3 is 5.97 Å². The van der Waals surface area contributed by atoms with Crippen molar-refractivity contribution in [2.45, 2.75) is 31.7 Å². The largest absolute Gasteiger partial charge is 0.469 e. The van der Waals surface area contributed by atoms with Crippen LogP contribution in [0.25, 0.3) is 0 Å². The number of rotatable bonds is 5. The molecule has 94 valence electrons. The molecule has 16 heavy (non-hydrogen) atoms. The minimum atomic E-state index is -0.104. The molecular formula is C12H24N2O2. The van der Waals surface area contributed by atoms with Gasteiger partial charge in [0.1, 0.15) is 0 Å². The molecule has 4 heteroatoms. The van der Waals surface area contributed by atoms with Gasteiger partial charge in [-0.2, -0.15) is 0 Å². The van der Waals surface area contributed by atoms with Gasteiger partial charge in [-0.05, 0) is 52.4 Å². The van der Waals surface area contributed by atoms with Crippen LogP contribution in [0.4, 0.5) is 0 Å². The van der Waals surface area contributed by atoms with Gasteiger partial charge in [-0.25, -0.2) is 0 Å². The van der Waals surface area contributed by atoms with Crippen LogP contribution in [0.2, 0.25) is 0 Å². The number of likely N-dealkylation sites (tertiary alicyclic amines) is 1. The maximum Gasteiger partial charge on any atom is 0.305 e. The Labute approximate surface area is 98.3 Å². The van der Waals surface area contributed by atoms with E-state index in [1.807, 2.05) is 7.05 Å². The van der Waals surface area contributed by atoms with Crippen molar-refractivity contribution in [2.75, 3.05) is 34.3 Å². The number of nitrogens with one attached hydrogen (secondary N) is 1. The van der Waals surface area contributed by atoms with Gasteiger partial charge in [0.2, 0.25) is 0 Å². The van der Waals surface area contributed by atoms with Crippen molar-refractivity contribution in [3.05, 3.63) is 0 Å². The van der Waals surface area contributed by atoms with Crippen LogP contribution in [0.5, 0.6) is 0 Å². The van der Waals surface area contributed by atoms with E-state index in [1.54, 1.807) is 0 Å². The van der Waals surface area contributed by atoms with Crippen molar-refractivity contribution in [2.24, 2.45) is 5.92 Å². The van der Waals surface area contributed by atoms with E-state index in [-0.39, 0.29) is 5.97 Å². The summed E-state index contributed by atoms with van der Waals surface area (Å²) in [5, 5.41) is 3.34. The Morgan fingerprint density at radius 1 is 1.50 bits per heavy atom. The predicted octanol–water partition coefficient (Wildman–Crippen LogP) is 0.869. The zero-order valence-electron chi connectivity index (χ0n) is 10.7. The normalized spacial score (nSPS) is 20.7. The molecule has 0 aromatic carbocycles. The van der Waals surface area contributed by atoms with Crippen LogP contribution in [0, 0.1) is 5.92 Å². The average Bonchev–Trinajstić information content (AvgIpc) is 2.31.